The molecular formula is C25H20O3. The summed E-state index contributed by atoms with van der Waals surface area (Å²) in [5.74, 6) is -0.113. The first-order valence-electron chi connectivity index (χ1n) is 9.20. The van der Waals surface area contributed by atoms with Gasteiger partial charge in [-0.25, -0.2) is 0 Å². The highest BCUT2D eigenvalue weighted by atomic mass is 16.5. The highest BCUT2D eigenvalue weighted by Crippen LogP contribution is 2.31. The molecule has 0 heterocycles. The molecule has 3 heteroatoms. The van der Waals surface area contributed by atoms with Crippen LogP contribution in [0.15, 0.2) is 91.0 Å². The van der Waals surface area contributed by atoms with E-state index in [1.165, 1.54) is 10.8 Å². The van der Waals surface area contributed by atoms with E-state index in [9.17, 15) is 4.79 Å². The summed E-state index contributed by atoms with van der Waals surface area (Å²) >= 11 is 0. The van der Waals surface area contributed by atoms with Gasteiger partial charge >= 0.3 is 5.97 Å². The summed E-state index contributed by atoms with van der Waals surface area (Å²) in [6.45, 7) is 0.434. The molecule has 0 fully saturated rings. The van der Waals surface area contributed by atoms with Gasteiger partial charge in [0.05, 0.1) is 6.42 Å². The van der Waals surface area contributed by atoms with E-state index < -0.39 is 5.97 Å². The van der Waals surface area contributed by atoms with E-state index in [2.05, 4.69) is 36.4 Å². The van der Waals surface area contributed by atoms with Gasteiger partial charge in [-0.1, -0.05) is 78.9 Å². The second-order valence-corrected chi connectivity index (χ2v) is 6.68. The lowest BCUT2D eigenvalue weighted by atomic mass is 9.94. The standard InChI is InChI=1S/C25H20O3/c26-25(27)16-18-10-13-21(14-11-18)28-17-24-22-9-5-4-8-20(22)12-15-23(24)19-6-2-1-3-7-19/h1-15H,16-17H2,(H,26,27). The predicted molar refractivity (Wildman–Crippen MR) is 111 cm³/mol. The Bertz CT molecular complexity index is 1100. The fourth-order valence-corrected chi connectivity index (χ4v) is 3.41. The van der Waals surface area contributed by atoms with E-state index >= 15 is 0 Å². The lowest BCUT2D eigenvalue weighted by Gasteiger charge is -2.15. The maximum absolute atomic E-state index is 10.8. The minimum Gasteiger partial charge on any atom is -0.489 e. The Hall–Kier alpha value is -3.59. The molecule has 0 spiro atoms. The molecule has 0 aliphatic carbocycles. The van der Waals surface area contributed by atoms with Crippen LogP contribution in [0.4, 0.5) is 0 Å². The van der Waals surface area contributed by atoms with Crippen LogP contribution >= 0.6 is 0 Å². The predicted octanol–water partition coefficient (Wildman–Crippen LogP) is 5.71. The third-order valence-corrected chi connectivity index (χ3v) is 4.79. The topological polar surface area (TPSA) is 46.5 Å². The minimum absolute atomic E-state index is 0.0156. The maximum Gasteiger partial charge on any atom is 0.307 e. The van der Waals surface area contributed by atoms with Gasteiger partial charge in [0.1, 0.15) is 12.4 Å². The number of carboxylic acids is 1. The summed E-state index contributed by atoms with van der Waals surface area (Å²) in [4.78, 5) is 10.8. The average Bonchev–Trinajstić information content (AvgIpc) is 2.73. The van der Waals surface area contributed by atoms with Crippen molar-refractivity contribution < 1.29 is 14.6 Å². The Kier molecular flexibility index (Phi) is 5.07. The number of ether oxygens (including phenoxy) is 1. The smallest absolute Gasteiger partial charge is 0.307 e. The highest BCUT2D eigenvalue weighted by Gasteiger charge is 2.10. The van der Waals surface area contributed by atoms with Gasteiger partial charge in [0.25, 0.3) is 0 Å². The van der Waals surface area contributed by atoms with Crippen LogP contribution in [0.25, 0.3) is 21.9 Å². The summed E-state index contributed by atoms with van der Waals surface area (Å²) in [7, 11) is 0. The van der Waals surface area contributed by atoms with Gasteiger partial charge in [0.2, 0.25) is 0 Å². The minimum atomic E-state index is -0.836. The van der Waals surface area contributed by atoms with E-state index in [-0.39, 0.29) is 6.42 Å². The van der Waals surface area contributed by atoms with Crippen molar-refractivity contribution in [2.24, 2.45) is 0 Å². The molecule has 0 saturated heterocycles. The van der Waals surface area contributed by atoms with Crippen molar-refractivity contribution in [3.05, 3.63) is 102 Å². The molecule has 4 rings (SSSR count). The van der Waals surface area contributed by atoms with Crippen molar-refractivity contribution in [1.82, 2.24) is 0 Å². The summed E-state index contributed by atoms with van der Waals surface area (Å²) in [5.41, 5.74) is 4.21. The Morgan fingerprint density at radius 2 is 1.50 bits per heavy atom. The summed E-state index contributed by atoms with van der Waals surface area (Å²) in [6, 6.07) is 30.1. The summed E-state index contributed by atoms with van der Waals surface area (Å²) in [6.07, 6.45) is 0.0156. The zero-order chi connectivity index (χ0) is 19.3. The largest absolute Gasteiger partial charge is 0.489 e. The van der Waals surface area contributed by atoms with Crippen LogP contribution in [-0.2, 0) is 17.8 Å². The number of rotatable bonds is 6. The normalized spacial score (nSPS) is 10.7. The molecule has 0 aliphatic rings. The van der Waals surface area contributed by atoms with Crippen LogP contribution in [-0.4, -0.2) is 11.1 Å². The summed E-state index contributed by atoms with van der Waals surface area (Å²) in [5, 5.41) is 11.2. The van der Waals surface area contributed by atoms with Gasteiger partial charge in [0.15, 0.2) is 0 Å². The van der Waals surface area contributed by atoms with E-state index in [4.69, 9.17) is 9.84 Å². The SMILES string of the molecule is O=C(O)Cc1ccc(OCc2c(-c3ccccc3)ccc3ccccc23)cc1. The van der Waals surface area contributed by atoms with Gasteiger partial charge in [-0.15, -0.1) is 0 Å². The third-order valence-electron chi connectivity index (χ3n) is 4.79. The van der Waals surface area contributed by atoms with E-state index in [0.717, 1.165) is 28.0 Å². The molecule has 0 saturated carbocycles. The Morgan fingerprint density at radius 1 is 0.786 bits per heavy atom. The average molecular weight is 368 g/mol. The molecule has 0 unspecified atom stereocenters. The van der Waals surface area contributed by atoms with Crippen LogP contribution in [0.1, 0.15) is 11.1 Å². The van der Waals surface area contributed by atoms with Crippen molar-refractivity contribution in [3.8, 4) is 16.9 Å². The Balaban J connectivity index is 1.66. The Morgan fingerprint density at radius 3 is 2.25 bits per heavy atom. The molecule has 4 aromatic rings. The zero-order valence-electron chi connectivity index (χ0n) is 15.3. The molecule has 28 heavy (non-hydrogen) atoms. The lowest BCUT2D eigenvalue weighted by molar-refractivity contribution is -0.136. The number of hydrogen-bond acceptors (Lipinski definition) is 2. The number of aliphatic carboxylic acids is 1. The molecule has 0 bridgehead atoms. The van der Waals surface area contributed by atoms with Crippen LogP contribution in [0, 0.1) is 0 Å². The van der Waals surface area contributed by atoms with E-state index in [1.807, 2.05) is 42.5 Å². The van der Waals surface area contributed by atoms with E-state index in [0.29, 0.717) is 6.61 Å². The van der Waals surface area contributed by atoms with Gasteiger partial charge < -0.3 is 9.84 Å². The van der Waals surface area contributed by atoms with Gasteiger partial charge in [-0.05, 0) is 39.6 Å². The first-order valence-corrected chi connectivity index (χ1v) is 9.20. The molecule has 0 radical (unpaired) electrons. The van der Waals surface area contributed by atoms with Gasteiger partial charge in [-0.3, -0.25) is 4.79 Å². The fraction of sp³-hybridized carbons (Fsp3) is 0.0800. The number of benzene rings is 4. The van der Waals surface area contributed by atoms with Crippen molar-refractivity contribution >= 4 is 16.7 Å². The monoisotopic (exact) mass is 368 g/mol. The maximum atomic E-state index is 10.8. The zero-order valence-corrected chi connectivity index (χ0v) is 15.3. The van der Waals surface area contributed by atoms with Crippen molar-refractivity contribution in [2.45, 2.75) is 13.0 Å². The number of fused-ring (bicyclic) bond motifs is 1. The number of hydrogen-bond donors (Lipinski definition) is 1. The van der Waals surface area contributed by atoms with Gasteiger partial charge in [-0.2, -0.15) is 0 Å². The Labute approximate surface area is 163 Å². The van der Waals surface area contributed by atoms with Crippen LogP contribution in [0.2, 0.25) is 0 Å². The molecule has 0 aliphatic heterocycles. The van der Waals surface area contributed by atoms with Crippen molar-refractivity contribution in [3.63, 3.8) is 0 Å². The third kappa shape index (κ3) is 3.89. The molecule has 4 aromatic carbocycles. The van der Waals surface area contributed by atoms with Crippen molar-refractivity contribution in [2.75, 3.05) is 0 Å². The first-order chi connectivity index (χ1) is 13.7. The highest BCUT2D eigenvalue weighted by molar-refractivity contribution is 5.91. The second kappa shape index (κ2) is 7.97. The molecule has 138 valence electrons. The van der Waals surface area contributed by atoms with Crippen LogP contribution in [0.3, 0.4) is 0 Å². The molecule has 0 atom stereocenters. The lowest BCUT2D eigenvalue weighted by Crippen LogP contribution is -2.01. The molecule has 1 N–H and O–H groups in total. The molecule has 3 nitrogen and oxygen atoms in total. The quantitative estimate of drug-likeness (QED) is 0.474. The van der Waals surface area contributed by atoms with E-state index in [1.54, 1.807) is 12.1 Å². The molecule has 0 aromatic heterocycles. The molecular weight excluding hydrogens is 348 g/mol. The first kappa shape index (κ1) is 17.8. The summed E-state index contributed by atoms with van der Waals surface area (Å²) < 4.78 is 6.07. The van der Waals surface area contributed by atoms with Crippen LogP contribution < -0.4 is 4.74 Å². The second-order valence-electron chi connectivity index (χ2n) is 6.68. The number of carboxylic acid groups (broad SMARTS) is 1. The number of carbonyl (C=O) groups is 1. The fourth-order valence-electron chi connectivity index (χ4n) is 3.41. The molecule has 0 amide bonds. The van der Waals surface area contributed by atoms with Crippen molar-refractivity contribution in [1.29, 1.82) is 0 Å². The van der Waals surface area contributed by atoms with Gasteiger partial charge in [0, 0.05) is 5.56 Å². The van der Waals surface area contributed by atoms with Crippen LogP contribution in [0.5, 0.6) is 5.75 Å².